The van der Waals surface area contributed by atoms with Crippen LogP contribution in [0.15, 0.2) is 52.5 Å². The Balaban J connectivity index is 1.79. The summed E-state index contributed by atoms with van der Waals surface area (Å²) >= 11 is 17.1. The molecule has 0 aliphatic heterocycles. The number of H-pyrrole nitrogens is 1. The molecule has 0 saturated heterocycles. The van der Waals surface area contributed by atoms with Gasteiger partial charge in [0.2, 0.25) is 4.77 Å². The van der Waals surface area contributed by atoms with Crippen molar-refractivity contribution in [3.05, 3.63) is 78.9 Å². The molecule has 10 heteroatoms. The Labute approximate surface area is 175 Å². The van der Waals surface area contributed by atoms with E-state index in [4.69, 9.17) is 44.9 Å². The predicted molar refractivity (Wildman–Crippen MR) is 110 cm³/mol. The van der Waals surface area contributed by atoms with Gasteiger partial charge in [0.15, 0.2) is 11.5 Å². The van der Waals surface area contributed by atoms with Gasteiger partial charge in [-0.3, -0.25) is 9.89 Å². The zero-order chi connectivity index (χ0) is 20.1. The molecule has 0 bridgehead atoms. The monoisotopic (exact) mass is 436 g/mol. The van der Waals surface area contributed by atoms with E-state index >= 15 is 0 Å². The first-order chi connectivity index (χ1) is 13.5. The molecule has 0 atom stereocenters. The number of hydrogen-bond acceptors (Lipinski definition) is 6. The number of aromatic nitrogens is 3. The smallest absolute Gasteiger partial charge is 0.293 e. The average molecular weight is 437 g/mol. The highest BCUT2D eigenvalue weighted by atomic mass is 35.5. The van der Waals surface area contributed by atoms with E-state index < -0.39 is 5.56 Å². The summed E-state index contributed by atoms with van der Waals surface area (Å²) in [5.41, 5.74) is 1.05. The maximum Gasteiger partial charge on any atom is 0.293 e. The zero-order valence-corrected chi connectivity index (χ0v) is 16.9. The van der Waals surface area contributed by atoms with Crippen LogP contribution in [0.1, 0.15) is 11.1 Å². The van der Waals surface area contributed by atoms with Crippen molar-refractivity contribution >= 4 is 41.6 Å². The number of nitrogens with one attached hydrogen (secondary N) is 1. The standard InChI is InChI=1S/C18H14Cl2N4O3S/c1-26-16-6-11(8-22-24-17(25)9-21-23-18(24)28)2-5-15(16)27-10-12-3-4-13(19)7-14(12)20/h2-9H,10H2,1H3,(H,23,28)/b22-8-. The first-order valence-corrected chi connectivity index (χ1v) is 9.10. The summed E-state index contributed by atoms with van der Waals surface area (Å²) in [6.07, 6.45) is 2.57. The van der Waals surface area contributed by atoms with Crippen LogP contribution in [0.4, 0.5) is 0 Å². The van der Waals surface area contributed by atoms with Crippen LogP contribution in [-0.4, -0.2) is 28.2 Å². The third-order valence-corrected chi connectivity index (χ3v) is 4.50. The van der Waals surface area contributed by atoms with Gasteiger partial charge in [0.25, 0.3) is 5.56 Å². The van der Waals surface area contributed by atoms with E-state index in [2.05, 4.69) is 15.3 Å². The van der Waals surface area contributed by atoms with Crippen LogP contribution in [0.3, 0.4) is 0 Å². The molecule has 0 spiro atoms. The summed E-state index contributed by atoms with van der Waals surface area (Å²) in [7, 11) is 1.53. The van der Waals surface area contributed by atoms with Crippen LogP contribution in [0, 0.1) is 4.77 Å². The van der Waals surface area contributed by atoms with Crippen molar-refractivity contribution in [2.45, 2.75) is 6.61 Å². The van der Waals surface area contributed by atoms with Crippen LogP contribution in [0.25, 0.3) is 0 Å². The lowest BCUT2D eigenvalue weighted by Crippen LogP contribution is -2.18. The number of ether oxygens (including phenoxy) is 2. The second-order valence-electron chi connectivity index (χ2n) is 5.50. The maximum atomic E-state index is 11.7. The molecule has 0 unspecified atom stereocenters. The summed E-state index contributed by atoms with van der Waals surface area (Å²) < 4.78 is 12.3. The largest absolute Gasteiger partial charge is 0.493 e. The van der Waals surface area contributed by atoms with E-state index in [9.17, 15) is 4.79 Å². The van der Waals surface area contributed by atoms with Gasteiger partial charge in [-0.05, 0) is 48.1 Å². The van der Waals surface area contributed by atoms with Crippen molar-refractivity contribution < 1.29 is 9.47 Å². The molecule has 0 radical (unpaired) electrons. The fourth-order valence-electron chi connectivity index (χ4n) is 2.26. The minimum Gasteiger partial charge on any atom is -0.493 e. The van der Waals surface area contributed by atoms with Crippen molar-refractivity contribution in [2.75, 3.05) is 7.11 Å². The van der Waals surface area contributed by atoms with E-state index in [-0.39, 0.29) is 11.4 Å². The summed E-state index contributed by atoms with van der Waals surface area (Å²) in [6, 6.07) is 10.4. The molecule has 1 aromatic heterocycles. The molecular formula is C18H14Cl2N4O3S. The molecule has 3 rings (SSSR count). The number of benzene rings is 2. The second kappa shape index (κ2) is 9.01. The number of aromatic amines is 1. The fourth-order valence-corrected chi connectivity index (χ4v) is 2.91. The van der Waals surface area contributed by atoms with E-state index in [1.807, 2.05) is 0 Å². The normalized spacial score (nSPS) is 11.0. The Hall–Kier alpha value is -2.68. The maximum absolute atomic E-state index is 11.7. The Bertz CT molecular complexity index is 1120. The Morgan fingerprint density at radius 2 is 2.07 bits per heavy atom. The third kappa shape index (κ3) is 4.78. The molecule has 0 aliphatic carbocycles. The van der Waals surface area contributed by atoms with Crippen LogP contribution in [0.5, 0.6) is 11.5 Å². The van der Waals surface area contributed by atoms with Gasteiger partial charge in [-0.15, -0.1) is 0 Å². The molecule has 0 aliphatic rings. The van der Waals surface area contributed by atoms with E-state index in [1.54, 1.807) is 36.4 Å². The summed E-state index contributed by atoms with van der Waals surface area (Å²) in [4.78, 5) is 11.7. The van der Waals surface area contributed by atoms with Gasteiger partial charge >= 0.3 is 0 Å². The molecule has 28 heavy (non-hydrogen) atoms. The Morgan fingerprint density at radius 1 is 1.25 bits per heavy atom. The molecule has 0 amide bonds. The van der Waals surface area contributed by atoms with Gasteiger partial charge < -0.3 is 9.47 Å². The zero-order valence-electron chi connectivity index (χ0n) is 14.6. The quantitative estimate of drug-likeness (QED) is 0.464. The van der Waals surface area contributed by atoms with Gasteiger partial charge in [-0.2, -0.15) is 14.9 Å². The van der Waals surface area contributed by atoms with Crippen molar-refractivity contribution in [3.63, 3.8) is 0 Å². The van der Waals surface area contributed by atoms with Crippen molar-refractivity contribution in [1.82, 2.24) is 14.9 Å². The number of nitrogens with zero attached hydrogens (tertiary/aromatic N) is 3. The second-order valence-corrected chi connectivity index (χ2v) is 6.73. The molecular weight excluding hydrogens is 423 g/mol. The third-order valence-electron chi connectivity index (χ3n) is 3.64. The first-order valence-electron chi connectivity index (χ1n) is 7.94. The SMILES string of the molecule is COc1cc(/C=N\n2c(=O)cn[nH]c2=S)ccc1OCc1ccc(Cl)cc1Cl. The molecule has 144 valence electrons. The highest BCUT2D eigenvalue weighted by Crippen LogP contribution is 2.29. The fraction of sp³-hybridized carbons (Fsp3) is 0.111. The molecule has 3 aromatic rings. The van der Waals surface area contributed by atoms with Gasteiger partial charge in [0.1, 0.15) is 12.8 Å². The van der Waals surface area contributed by atoms with Gasteiger partial charge in [-0.1, -0.05) is 29.3 Å². The van der Waals surface area contributed by atoms with Crippen molar-refractivity contribution in [1.29, 1.82) is 0 Å². The molecule has 1 heterocycles. The van der Waals surface area contributed by atoms with Gasteiger partial charge in [0, 0.05) is 15.6 Å². The summed E-state index contributed by atoms with van der Waals surface area (Å²) in [5.74, 6) is 1.03. The first kappa shape index (κ1) is 20.1. The lowest BCUT2D eigenvalue weighted by molar-refractivity contribution is 0.284. The minimum atomic E-state index is -0.438. The molecule has 1 N–H and O–H groups in total. The Morgan fingerprint density at radius 3 is 2.79 bits per heavy atom. The van der Waals surface area contributed by atoms with Gasteiger partial charge in [0.05, 0.1) is 13.3 Å². The van der Waals surface area contributed by atoms with Crippen LogP contribution in [-0.2, 0) is 6.61 Å². The lowest BCUT2D eigenvalue weighted by Gasteiger charge is -2.12. The Kier molecular flexibility index (Phi) is 6.45. The number of hydrogen-bond donors (Lipinski definition) is 1. The van der Waals surface area contributed by atoms with Crippen LogP contribution >= 0.6 is 35.4 Å². The lowest BCUT2D eigenvalue weighted by atomic mass is 10.2. The van der Waals surface area contributed by atoms with Crippen LogP contribution in [0.2, 0.25) is 10.0 Å². The number of halogens is 2. The summed E-state index contributed by atoms with van der Waals surface area (Å²) in [6.45, 7) is 0.251. The minimum absolute atomic E-state index is 0.0931. The molecule has 2 aromatic carbocycles. The highest BCUT2D eigenvalue weighted by Gasteiger charge is 2.08. The average Bonchev–Trinajstić information content (AvgIpc) is 2.67. The number of rotatable bonds is 6. The molecule has 0 saturated carbocycles. The number of methoxy groups -OCH3 is 1. The van der Waals surface area contributed by atoms with E-state index in [1.165, 1.54) is 13.3 Å². The topological polar surface area (TPSA) is 81.5 Å². The van der Waals surface area contributed by atoms with Crippen molar-refractivity contribution in [2.24, 2.45) is 5.10 Å². The van der Waals surface area contributed by atoms with E-state index in [0.29, 0.717) is 27.1 Å². The summed E-state index contributed by atoms with van der Waals surface area (Å²) in [5, 5.41) is 11.3. The van der Waals surface area contributed by atoms with Gasteiger partial charge in [-0.25, -0.2) is 0 Å². The predicted octanol–water partition coefficient (Wildman–Crippen LogP) is 4.08. The molecule has 7 nitrogen and oxygen atoms in total. The highest BCUT2D eigenvalue weighted by molar-refractivity contribution is 7.71. The van der Waals surface area contributed by atoms with Crippen molar-refractivity contribution in [3.8, 4) is 11.5 Å². The van der Waals surface area contributed by atoms with E-state index in [0.717, 1.165) is 16.4 Å². The van der Waals surface area contributed by atoms with Crippen LogP contribution < -0.4 is 15.0 Å². The molecule has 0 fully saturated rings.